The van der Waals surface area contributed by atoms with Crippen molar-refractivity contribution in [2.75, 3.05) is 0 Å². The van der Waals surface area contributed by atoms with Gasteiger partial charge in [0.05, 0.1) is 6.42 Å². The molecule has 0 spiro atoms. The van der Waals surface area contributed by atoms with E-state index in [1.165, 1.54) is 6.39 Å². The molecular formula is C16H13ClN2O2. The Morgan fingerprint density at radius 3 is 2.95 bits per heavy atom. The second-order valence-electron chi connectivity index (χ2n) is 4.74. The number of amides is 1. The maximum Gasteiger partial charge on any atom is 0.224 e. The van der Waals surface area contributed by atoms with Crippen LogP contribution in [0, 0.1) is 0 Å². The summed E-state index contributed by atoms with van der Waals surface area (Å²) in [6, 6.07) is 13.0. The van der Waals surface area contributed by atoms with Crippen LogP contribution in [-0.4, -0.2) is 10.9 Å². The minimum atomic E-state index is -0.0464. The first-order valence-electron chi connectivity index (χ1n) is 6.54. The van der Waals surface area contributed by atoms with Crippen LogP contribution in [0.2, 0.25) is 5.02 Å². The third-order valence-corrected chi connectivity index (χ3v) is 3.37. The molecule has 0 saturated carbocycles. The maximum atomic E-state index is 11.9. The number of nitrogens with zero attached hydrogens (tertiary/aromatic N) is 1. The molecular weight excluding hydrogens is 288 g/mol. The van der Waals surface area contributed by atoms with Crippen molar-refractivity contribution < 1.29 is 9.21 Å². The van der Waals surface area contributed by atoms with Gasteiger partial charge in [0.25, 0.3) is 0 Å². The number of halogens is 1. The molecule has 5 heteroatoms. The third-order valence-electron chi connectivity index (χ3n) is 3.14. The highest BCUT2D eigenvalue weighted by molar-refractivity contribution is 6.30. The molecule has 0 aliphatic carbocycles. The van der Waals surface area contributed by atoms with E-state index >= 15 is 0 Å². The standard InChI is InChI=1S/C16H13ClN2O2/c17-13-3-1-2-11(6-13)8-16(20)18-9-12-4-5-14-15(7-12)21-10-19-14/h1-7,10H,8-9H2,(H,18,20). The van der Waals surface area contributed by atoms with Crippen LogP contribution in [0.1, 0.15) is 11.1 Å². The molecule has 0 saturated heterocycles. The zero-order valence-corrected chi connectivity index (χ0v) is 11.9. The Bertz CT molecular complexity index is 783. The van der Waals surface area contributed by atoms with E-state index in [2.05, 4.69) is 10.3 Å². The monoisotopic (exact) mass is 300 g/mol. The van der Waals surface area contributed by atoms with Crippen LogP contribution in [0.3, 0.4) is 0 Å². The molecule has 0 unspecified atom stereocenters. The third kappa shape index (κ3) is 3.41. The average molecular weight is 301 g/mol. The summed E-state index contributed by atoms with van der Waals surface area (Å²) in [4.78, 5) is 16.0. The lowest BCUT2D eigenvalue weighted by Gasteiger charge is -2.06. The Morgan fingerprint density at radius 2 is 2.10 bits per heavy atom. The summed E-state index contributed by atoms with van der Waals surface area (Å²) in [6.45, 7) is 0.454. The van der Waals surface area contributed by atoms with Crippen LogP contribution in [-0.2, 0) is 17.8 Å². The van der Waals surface area contributed by atoms with E-state index in [0.29, 0.717) is 18.0 Å². The zero-order chi connectivity index (χ0) is 14.7. The largest absolute Gasteiger partial charge is 0.443 e. The number of nitrogens with one attached hydrogen (secondary N) is 1. The van der Waals surface area contributed by atoms with E-state index in [0.717, 1.165) is 22.2 Å². The quantitative estimate of drug-likeness (QED) is 0.804. The Labute approximate surface area is 126 Å². The first kappa shape index (κ1) is 13.6. The van der Waals surface area contributed by atoms with Crippen molar-refractivity contribution in [2.24, 2.45) is 0 Å². The van der Waals surface area contributed by atoms with Crippen molar-refractivity contribution in [2.45, 2.75) is 13.0 Å². The highest BCUT2D eigenvalue weighted by Gasteiger charge is 2.05. The van der Waals surface area contributed by atoms with E-state index in [4.69, 9.17) is 16.0 Å². The van der Waals surface area contributed by atoms with Gasteiger partial charge in [-0.3, -0.25) is 4.79 Å². The maximum absolute atomic E-state index is 11.9. The Morgan fingerprint density at radius 1 is 1.19 bits per heavy atom. The summed E-state index contributed by atoms with van der Waals surface area (Å²) in [5.41, 5.74) is 3.39. The molecule has 1 N–H and O–H groups in total. The van der Waals surface area contributed by atoms with Crippen molar-refractivity contribution in [1.29, 1.82) is 0 Å². The van der Waals surface area contributed by atoms with Crippen LogP contribution >= 0.6 is 11.6 Å². The van der Waals surface area contributed by atoms with E-state index in [1.54, 1.807) is 12.1 Å². The first-order chi connectivity index (χ1) is 10.2. The molecule has 1 amide bonds. The molecule has 0 aliphatic heterocycles. The predicted molar refractivity (Wildman–Crippen MR) is 81.0 cm³/mol. The summed E-state index contributed by atoms with van der Waals surface area (Å²) in [5.74, 6) is -0.0464. The molecule has 106 valence electrons. The van der Waals surface area contributed by atoms with E-state index in [1.807, 2.05) is 30.3 Å². The molecule has 2 aromatic carbocycles. The topological polar surface area (TPSA) is 55.1 Å². The molecule has 4 nitrogen and oxygen atoms in total. The second kappa shape index (κ2) is 5.97. The molecule has 0 fully saturated rings. The number of carbonyl (C=O) groups is 1. The van der Waals surface area contributed by atoms with Crippen molar-refractivity contribution in [3.8, 4) is 0 Å². The molecule has 0 radical (unpaired) electrons. The fraction of sp³-hybridized carbons (Fsp3) is 0.125. The first-order valence-corrected chi connectivity index (χ1v) is 6.92. The van der Waals surface area contributed by atoms with Crippen LogP contribution in [0.5, 0.6) is 0 Å². The van der Waals surface area contributed by atoms with Gasteiger partial charge in [0.1, 0.15) is 5.52 Å². The number of aromatic nitrogens is 1. The number of hydrogen-bond donors (Lipinski definition) is 1. The van der Waals surface area contributed by atoms with Crippen molar-refractivity contribution in [3.05, 3.63) is 65.0 Å². The molecule has 1 heterocycles. The van der Waals surface area contributed by atoms with Gasteiger partial charge in [-0.15, -0.1) is 0 Å². The van der Waals surface area contributed by atoms with Gasteiger partial charge >= 0.3 is 0 Å². The van der Waals surface area contributed by atoms with Gasteiger partial charge < -0.3 is 9.73 Å². The van der Waals surface area contributed by atoms with Gasteiger partial charge in [-0.1, -0.05) is 29.8 Å². The summed E-state index contributed by atoms with van der Waals surface area (Å²) in [7, 11) is 0. The van der Waals surface area contributed by atoms with Gasteiger partial charge in [0, 0.05) is 11.6 Å². The highest BCUT2D eigenvalue weighted by atomic mass is 35.5. The smallest absolute Gasteiger partial charge is 0.224 e. The minimum absolute atomic E-state index is 0.0464. The lowest BCUT2D eigenvalue weighted by atomic mass is 10.1. The van der Waals surface area contributed by atoms with Crippen LogP contribution < -0.4 is 5.32 Å². The molecule has 0 bridgehead atoms. The lowest BCUT2D eigenvalue weighted by molar-refractivity contribution is -0.120. The van der Waals surface area contributed by atoms with Gasteiger partial charge in [0.15, 0.2) is 12.0 Å². The fourth-order valence-electron chi connectivity index (χ4n) is 2.10. The van der Waals surface area contributed by atoms with Gasteiger partial charge in [-0.05, 0) is 35.4 Å². The minimum Gasteiger partial charge on any atom is -0.443 e. The van der Waals surface area contributed by atoms with Crippen LogP contribution in [0.15, 0.2) is 53.3 Å². The predicted octanol–water partition coefficient (Wildman–Crippen LogP) is 3.34. The van der Waals surface area contributed by atoms with Crippen molar-refractivity contribution in [1.82, 2.24) is 10.3 Å². The number of rotatable bonds is 4. The second-order valence-corrected chi connectivity index (χ2v) is 5.17. The van der Waals surface area contributed by atoms with Gasteiger partial charge in [-0.2, -0.15) is 0 Å². The van der Waals surface area contributed by atoms with E-state index in [-0.39, 0.29) is 5.91 Å². The summed E-state index contributed by atoms with van der Waals surface area (Å²) in [5, 5.41) is 3.51. The molecule has 3 rings (SSSR count). The van der Waals surface area contributed by atoms with E-state index < -0.39 is 0 Å². The van der Waals surface area contributed by atoms with Crippen LogP contribution in [0.25, 0.3) is 11.1 Å². The van der Waals surface area contributed by atoms with Gasteiger partial charge in [-0.25, -0.2) is 4.98 Å². The summed E-state index contributed by atoms with van der Waals surface area (Å²) in [6.07, 6.45) is 1.72. The summed E-state index contributed by atoms with van der Waals surface area (Å²) < 4.78 is 5.24. The molecule has 21 heavy (non-hydrogen) atoms. The Balaban J connectivity index is 1.60. The highest BCUT2D eigenvalue weighted by Crippen LogP contribution is 2.14. The Hall–Kier alpha value is -2.33. The number of benzene rings is 2. The number of fused-ring (bicyclic) bond motifs is 1. The van der Waals surface area contributed by atoms with Gasteiger partial charge in [0.2, 0.25) is 5.91 Å². The molecule has 0 aliphatic rings. The molecule has 3 aromatic rings. The van der Waals surface area contributed by atoms with Crippen LogP contribution in [0.4, 0.5) is 0 Å². The zero-order valence-electron chi connectivity index (χ0n) is 11.2. The fourth-order valence-corrected chi connectivity index (χ4v) is 2.32. The molecule has 0 atom stereocenters. The van der Waals surface area contributed by atoms with Crippen molar-refractivity contribution in [3.63, 3.8) is 0 Å². The average Bonchev–Trinajstić information content (AvgIpc) is 2.92. The number of oxazole rings is 1. The molecule has 1 aromatic heterocycles. The SMILES string of the molecule is O=C(Cc1cccc(Cl)c1)NCc1ccc2ncoc2c1. The van der Waals surface area contributed by atoms with E-state index in [9.17, 15) is 4.79 Å². The number of hydrogen-bond acceptors (Lipinski definition) is 3. The summed E-state index contributed by atoms with van der Waals surface area (Å²) >= 11 is 5.90. The lowest BCUT2D eigenvalue weighted by Crippen LogP contribution is -2.24. The normalized spacial score (nSPS) is 10.7. The number of carbonyl (C=O) groups excluding carboxylic acids is 1. The van der Waals surface area contributed by atoms with Crippen molar-refractivity contribution >= 4 is 28.6 Å². The Kier molecular flexibility index (Phi) is 3.88.